The average Bonchev–Trinajstić information content (AvgIpc) is 2.73. The van der Waals surface area contributed by atoms with Gasteiger partial charge in [0.15, 0.2) is 0 Å². The van der Waals surface area contributed by atoms with Crippen LogP contribution >= 0.6 is 0 Å². The molecular formula is C12H21N3O. The monoisotopic (exact) mass is 223 g/mol. The minimum Gasteiger partial charge on any atom is -0.381 e. The highest BCUT2D eigenvalue weighted by molar-refractivity contribution is 5.47. The third-order valence-corrected chi connectivity index (χ3v) is 3.08. The Bertz CT molecular complexity index is 329. The lowest BCUT2D eigenvalue weighted by molar-refractivity contribution is 0.0904. The van der Waals surface area contributed by atoms with Gasteiger partial charge in [-0.15, -0.1) is 0 Å². The Balaban J connectivity index is 2.03. The van der Waals surface area contributed by atoms with Crippen LogP contribution in [0, 0.1) is 0 Å². The molecule has 1 aromatic heterocycles. The molecule has 0 aromatic carbocycles. The number of rotatable bonds is 4. The first-order valence-corrected chi connectivity index (χ1v) is 6.24. The Labute approximate surface area is 97.0 Å². The quantitative estimate of drug-likeness (QED) is 0.849. The van der Waals surface area contributed by atoms with Crippen LogP contribution in [0.1, 0.15) is 32.4 Å². The predicted molar refractivity (Wildman–Crippen MR) is 64.7 cm³/mol. The molecule has 16 heavy (non-hydrogen) atoms. The van der Waals surface area contributed by atoms with Crippen LogP contribution in [0.2, 0.25) is 0 Å². The van der Waals surface area contributed by atoms with Crippen LogP contribution in [0.15, 0.2) is 6.20 Å². The van der Waals surface area contributed by atoms with Gasteiger partial charge >= 0.3 is 0 Å². The average molecular weight is 223 g/mol. The molecule has 1 N–H and O–H groups in total. The van der Waals surface area contributed by atoms with Crippen molar-refractivity contribution in [1.82, 2.24) is 9.78 Å². The van der Waals surface area contributed by atoms with Gasteiger partial charge in [-0.3, -0.25) is 4.68 Å². The maximum absolute atomic E-state index is 5.36. The third kappa shape index (κ3) is 2.55. The summed E-state index contributed by atoms with van der Waals surface area (Å²) in [7, 11) is 0. The second kappa shape index (κ2) is 5.34. The number of aryl methyl sites for hydroxylation is 2. The zero-order chi connectivity index (χ0) is 11.4. The molecule has 0 aliphatic carbocycles. The van der Waals surface area contributed by atoms with Crippen LogP contribution in [0.4, 0.5) is 5.69 Å². The number of hydrogen-bond acceptors (Lipinski definition) is 3. The van der Waals surface area contributed by atoms with E-state index in [0.717, 1.165) is 39.0 Å². The van der Waals surface area contributed by atoms with E-state index in [1.807, 2.05) is 4.68 Å². The Morgan fingerprint density at radius 2 is 2.19 bits per heavy atom. The van der Waals surface area contributed by atoms with Gasteiger partial charge in [-0.25, -0.2) is 0 Å². The zero-order valence-electron chi connectivity index (χ0n) is 10.2. The maximum atomic E-state index is 5.36. The minimum atomic E-state index is 0.550. The molecule has 2 rings (SSSR count). The Morgan fingerprint density at radius 3 is 2.81 bits per heavy atom. The van der Waals surface area contributed by atoms with Crippen LogP contribution in [-0.4, -0.2) is 29.0 Å². The Hall–Kier alpha value is -1.03. The summed E-state index contributed by atoms with van der Waals surface area (Å²) in [4.78, 5) is 0. The smallest absolute Gasteiger partial charge is 0.0853 e. The topological polar surface area (TPSA) is 39.1 Å². The van der Waals surface area contributed by atoms with Gasteiger partial charge in [0.2, 0.25) is 0 Å². The highest BCUT2D eigenvalue weighted by Gasteiger charge is 2.16. The molecule has 1 saturated heterocycles. The summed E-state index contributed by atoms with van der Waals surface area (Å²) in [5.41, 5.74) is 2.38. The molecule has 1 aliphatic heterocycles. The van der Waals surface area contributed by atoms with Crippen LogP contribution in [0.3, 0.4) is 0 Å². The standard InChI is InChI=1S/C12H21N3O/c1-3-11-12(9-15(4-2)14-11)13-10-5-7-16-8-6-10/h9-10,13H,3-8H2,1-2H3. The molecule has 1 aromatic rings. The van der Waals surface area contributed by atoms with Crippen molar-refractivity contribution < 1.29 is 4.74 Å². The summed E-state index contributed by atoms with van der Waals surface area (Å²) in [5, 5.41) is 8.13. The van der Waals surface area contributed by atoms with E-state index < -0.39 is 0 Å². The van der Waals surface area contributed by atoms with Crippen molar-refractivity contribution in [2.24, 2.45) is 0 Å². The summed E-state index contributed by atoms with van der Waals surface area (Å²) in [6.07, 6.45) is 5.30. The Morgan fingerprint density at radius 1 is 1.44 bits per heavy atom. The van der Waals surface area contributed by atoms with Crippen molar-refractivity contribution in [1.29, 1.82) is 0 Å². The normalized spacial score (nSPS) is 17.6. The fourth-order valence-electron chi connectivity index (χ4n) is 2.07. The third-order valence-electron chi connectivity index (χ3n) is 3.08. The van der Waals surface area contributed by atoms with E-state index >= 15 is 0 Å². The minimum absolute atomic E-state index is 0.550. The second-order valence-corrected chi connectivity index (χ2v) is 4.23. The fourth-order valence-corrected chi connectivity index (χ4v) is 2.07. The number of hydrogen-bond donors (Lipinski definition) is 1. The van der Waals surface area contributed by atoms with Gasteiger partial charge in [-0.05, 0) is 26.2 Å². The van der Waals surface area contributed by atoms with Gasteiger partial charge < -0.3 is 10.1 Å². The van der Waals surface area contributed by atoms with Crippen LogP contribution in [0.5, 0.6) is 0 Å². The van der Waals surface area contributed by atoms with Crippen LogP contribution < -0.4 is 5.32 Å². The Kier molecular flexibility index (Phi) is 3.83. The molecule has 2 heterocycles. The molecule has 0 spiro atoms. The van der Waals surface area contributed by atoms with Gasteiger partial charge in [0, 0.05) is 32.0 Å². The van der Waals surface area contributed by atoms with Gasteiger partial charge in [-0.2, -0.15) is 5.10 Å². The van der Waals surface area contributed by atoms with Gasteiger partial charge in [0.05, 0.1) is 11.4 Å². The van der Waals surface area contributed by atoms with E-state index in [1.165, 1.54) is 11.4 Å². The maximum Gasteiger partial charge on any atom is 0.0853 e. The zero-order valence-corrected chi connectivity index (χ0v) is 10.2. The lowest BCUT2D eigenvalue weighted by atomic mass is 10.1. The van der Waals surface area contributed by atoms with Gasteiger partial charge in [0.25, 0.3) is 0 Å². The highest BCUT2D eigenvalue weighted by atomic mass is 16.5. The van der Waals surface area contributed by atoms with E-state index in [9.17, 15) is 0 Å². The molecule has 0 amide bonds. The summed E-state index contributed by atoms with van der Waals surface area (Å²) in [5.74, 6) is 0. The number of nitrogens with zero attached hydrogens (tertiary/aromatic N) is 2. The first kappa shape index (κ1) is 11.5. The largest absolute Gasteiger partial charge is 0.381 e. The van der Waals surface area contributed by atoms with Crippen molar-refractivity contribution in [2.45, 2.75) is 45.7 Å². The van der Waals surface area contributed by atoms with Crippen molar-refractivity contribution in [3.63, 3.8) is 0 Å². The molecule has 0 radical (unpaired) electrons. The molecule has 90 valence electrons. The molecule has 0 saturated carbocycles. The summed E-state index contributed by atoms with van der Waals surface area (Å²) in [6, 6.07) is 0.550. The lowest BCUT2D eigenvalue weighted by Crippen LogP contribution is -2.28. The SMILES string of the molecule is CCc1nn(CC)cc1NC1CCOCC1. The van der Waals surface area contributed by atoms with Crippen molar-refractivity contribution >= 4 is 5.69 Å². The number of nitrogens with one attached hydrogen (secondary N) is 1. The molecule has 1 aliphatic rings. The number of aromatic nitrogens is 2. The second-order valence-electron chi connectivity index (χ2n) is 4.23. The van der Waals surface area contributed by atoms with E-state index in [1.54, 1.807) is 0 Å². The molecule has 4 nitrogen and oxygen atoms in total. The molecule has 0 unspecified atom stereocenters. The van der Waals surface area contributed by atoms with Crippen LogP contribution in [0.25, 0.3) is 0 Å². The number of anilines is 1. The summed E-state index contributed by atoms with van der Waals surface area (Å²) < 4.78 is 7.36. The molecule has 4 heteroatoms. The molecule has 0 atom stereocenters. The highest BCUT2D eigenvalue weighted by Crippen LogP contribution is 2.19. The summed E-state index contributed by atoms with van der Waals surface area (Å²) >= 11 is 0. The fraction of sp³-hybridized carbons (Fsp3) is 0.750. The first-order chi connectivity index (χ1) is 7.83. The molecular weight excluding hydrogens is 202 g/mol. The van der Waals surface area contributed by atoms with E-state index in [2.05, 4.69) is 30.5 Å². The van der Waals surface area contributed by atoms with E-state index in [4.69, 9.17) is 4.74 Å². The molecule has 0 bridgehead atoms. The predicted octanol–water partition coefficient (Wildman–Crippen LogP) is 2.06. The van der Waals surface area contributed by atoms with Crippen molar-refractivity contribution in [3.8, 4) is 0 Å². The van der Waals surface area contributed by atoms with Crippen LogP contribution in [-0.2, 0) is 17.7 Å². The lowest BCUT2D eigenvalue weighted by Gasteiger charge is -2.23. The van der Waals surface area contributed by atoms with Gasteiger partial charge in [0.1, 0.15) is 0 Å². The van der Waals surface area contributed by atoms with Crippen molar-refractivity contribution in [2.75, 3.05) is 18.5 Å². The number of ether oxygens (including phenoxy) is 1. The van der Waals surface area contributed by atoms with Gasteiger partial charge in [-0.1, -0.05) is 6.92 Å². The summed E-state index contributed by atoms with van der Waals surface area (Å²) in [6.45, 7) is 6.95. The molecule has 1 fully saturated rings. The van der Waals surface area contributed by atoms with Crippen molar-refractivity contribution in [3.05, 3.63) is 11.9 Å². The van der Waals surface area contributed by atoms with E-state index in [0.29, 0.717) is 6.04 Å². The van der Waals surface area contributed by atoms with E-state index in [-0.39, 0.29) is 0 Å². The first-order valence-electron chi connectivity index (χ1n) is 6.24.